The highest BCUT2D eigenvalue weighted by atomic mass is 16.5. The summed E-state index contributed by atoms with van der Waals surface area (Å²) in [6, 6.07) is 14.8. The number of para-hydroxylation sites is 1. The molecule has 1 aliphatic heterocycles. The zero-order valence-electron chi connectivity index (χ0n) is 18.0. The Morgan fingerprint density at radius 3 is 2.88 bits per heavy atom. The van der Waals surface area contributed by atoms with Crippen LogP contribution < -0.4 is 5.32 Å². The summed E-state index contributed by atoms with van der Waals surface area (Å²) in [6.07, 6.45) is 1.51. The molecule has 0 unspecified atom stereocenters. The van der Waals surface area contributed by atoms with Gasteiger partial charge in [-0.2, -0.15) is 0 Å². The summed E-state index contributed by atoms with van der Waals surface area (Å²) in [7, 11) is 1.59. The maximum atomic E-state index is 12.8. The minimum absolute atomic E-state index is 0.00433. The van der Waals surface area contributed by atoms with E-state index in [4.69, 9.17) is 14.5 Å². The molecule has 1 aliphatic rings. The standard InChI is InChI=1S/C24H26N4O4/c1-31-12-10-26-24(30)19-15-21(27-20-8-3-2-7-18(19)20)22-16-28(11-13-32-22)23(29)14-17-6-4-5-9-25-17/h2-9,15,22H,10-14,16H2,1H3,(H,26,30)/t22-/m0/s1. The van der Waals surface area contributed by atoms with E-state index < -0.39 is 6.10 Å². The molecule has 3 aromatic rings. The Balaban J connectivity index is 1.55. The molecule has 1 N–H and O–H groups in total. The summed E-state index contributed by atoms with van der Waals surface area (Å²) in [5, 5.41) is 3.64. The zero-order valence-corrected chi connectivity index (χ0v) is 18.0. The van der Waals surface area contributed by atoms with Gasteiger partial charge in [-0.3, -0.25) is 14.6 Å². The van der Waals surface area contributed by atoms with Crippen molar-refractivity contribution < 1.29 is 19.1 Å². The van der Waals surface area contributed by atoms with Crippen LogP contribution in [0.5, 0.6) is 0 Å². The predicted octanol–water partition coefficient (Wildman–Crippen LogP) is 2.15. The van der Waals surface area contributed by atoms with E-state index in [2.05, 4.69) is 10.3 Å². The Morgan fingerprint density at radius 2 is 2.06 bits per heavy atom. The second-order valence-electron chi connectivity index (χ2n) is 7.56. The lowest BCUT2D eigenvalue weighted by Gasteiger charge is -2.33. The van der Waals surface area contributed by atoms with Crippen molar-refractivity contribution in [2.75, 3.05) is 40.0 Å². The van der Waals surface area contributed by atoms with Crippen molar-refractivity contribution in [1.29, 1.82) is 0 Å². The van der Waals surface area contributed by atoms with Gasteiger partial charge in [-0.1, -0.05) is 24.3 Å². The number of amides is 2. The number of morpholine rings is 1. The monoisotopic (exact) mass is 434 g/mol. The highest BCUT2D eigenvalue weighted by molar-refractivity contribution is 6.06. The van der Waals surface area contributed by atoms with E-state index in [0.29, 0.717) is 49.6 Å². The molecule has 1 fully saturated rings. The number of benzene rings is 1. The summed E-state index contributed by atoms with van der Waals surface area (Å²) in [6.45, 7) is 2.14. The summed E-state index contributed by atoms with van der Waals surface area (Å²) >= 11 is 0. The van der Waals surface area contributed by atoms with Crippen molar-refractivity contribution in [3.05, 3.63) is 71.7 Å². The van der Waals surface area contributed by atoms with Crippen LogP contribution in [0.15, 0.2) is 54.7 Å². The molecule has 1 saturated heterocycles. The van der Waals surface area contributed by atoms with Gasteiger partial charge in [0, 0.05) is 37.5 Å². The third kappa shape index (κ3) is 5.09. The van der Waals surface area contributed by atoms with Crippen LogP contribution in [0, 0.1) is 0 Å². The SMILES string of the molecule is COCCNC(=O)c1cc([C@@H]2CN(C(=O)Cc3ccccn3)CCO2)nc2ccccc12. The van der Waals surface area contributed by atoms with Gasteiger partial charge in [-0.15, -0.1) is 0 Å². The summed E-state index contributed by atoms with van der Waals surface area (Å²) < 4.78 is 11.0. The van der Waals surface area contributed by atoms with Gasteiger partial charge in [-0.05, 0) is 24.3 Å². The molecule has 8 heteroatoms. The molecule has 0 bridgehead atoms. The van der Waals surface area contributed by atoms with E-state index in [9.17, 15) is 9.59 Å². The quantitative estimate of drug-likeness (QED) is 0.573. The van der Waals surface area contributed by atoms with Crippen molar-refractivity contribution in [3.63, 3.8) is 0 Å². The molecule has 3 heterocycles. The summed E-state index contributed by atoms with van der Waals surface area (Å²) in [5.41, 5.74) is 2.61. The van der Waals surface area contributed by atoms with Gasteiger partial charge in [0.15, 0.2) is 0 Å². The number of hydrogen-bond donors (Lipinski definition) is 1. The number of nitrogens with zero attached hydrogens (tertiary/aromatic N) is 3. The van der Waals surface area contributed by atoms with E-state index in [-0.39, 0.29) is 18.2 Å². The van der Waals surface area contributed by atoms with Crippen molar-refractivity contribution >= 4 is 22.7 Å². The first-order valence-electron chi connectivity index (χ1n) is 10.6. The third-order valence-electron chi connectivity index (χ3n) is 5.38. The number of aromatic nitrogens is 2. The van der Waals surface area contributed by atoms with Gasteiger partial charge in [-0.25, -0.2) is 4.98 Å². The number of hydrogen-bond acceptors (Lipinski definition) is 6. The van der Waals surface area contributed by atoms with Crippen LogP contribution in [0.4, 0.5) is 0 Å². The number of ether oxygens (including phenoxy) is 2. The highest BCUT2D eigenvalue weighted by Crippen LogP contribution is 2.26. The fourth-order valence-electron chi connectivity index (χ4n) is 3.73. The maximum Gasteiger partial charge on any atom is 0.252 e. The number of fused-ring (bicyclic) bond motifs is 1. The van der Waals surface area contributed by atoms with Crippen molar-refractivity contribution in [2.45, 2.75) is 12.5 Å². The van der Waals surface area contributed by atoms with Gasteiger partial charge in [0.2, 0.25) is 5.91 Å². The topological polar surface area (TPSA) is 93.7 Å². The van der Waals surface area contributed by atoms with E-state index in [1.165, 1.54) is 0 Å². The normalized spacial score (nSPS) is 16.2. The van der Waals surface area contributed by atoms with Crippen molar-refractivity contribution in [2.24, 2.45) is 0 Å². The Hall–Kier alpha value is -3.36. The molecule has 8 nitrogen and oxygen atoms in total. The lowest BCUT2D eigenvalue weighted by atomic mass is 10.0. The average molecular weight is 434 g/mol. The van der Waals surface area contributed by atoms with E-state index in [1.54, 1.807) is 24.3 Å². The van der Waals surface area contributed by atoms with Crippen molar-refractivity contribution in [1.82, 2.24) is 20.2 Å². The minimum Gasteiger partial charge on any atom is -0.383 e. The number of carbonyl (C=O) groups is 2. The molecule has 4 rings (SSSR count). The Labute approximate surface area is 186 Å². The Bertz CT molecular complexity index is 1090. The molecular formula is C24H26N4O4. The molecule has 0 saturated carbocycles. The molecule has 0 spiro atoms. The Kier molecular flexibility index (Phi) is 7.03. The van der Waals surface area contributed by atoms with Gasteiger partial charge >= 0.3 is 0 Å². The molecule has 1 aromatic carbocycles. The van der Waals surface area contributed by atoms with E-state index in [1.807, 2.05) is 42.5 Å². The van der Waals surface area contributed by atoms with Crippen LogP contribution in [0.3, 0.4) is 0 Å². The van der Waals surface area contributed by atoms with Crippen LogP contribution in [0.1, 0.15) is 27.8 Å². The molecule has 1 atom stereocenters. The fourth-order valence-corrected chi connectivity index (χ4v) is 3.73. The van der Waals surface area contributed by atoms with E-state index in [0.717, 1.165) is 11.1 Å². The molecule has 32 heavy (non-hydrogen) atoms. The van der Waals surface area contributed by atoms with Gasteiger partial charge in [0.1, 0.15) is 6.10 Å². The first-order valence-corrected chi connectivity index (χ1v) is 10.6. The van der Waals surface area contributed by atoms with Gasteiger partial charge < -0.3 is 19.7 Å². The lowest BCUT2D eigenvalue weighted by molar-refractivity contribution is -0.138. The summed E-state index contributed by atoms with van der Waals surface area (Å²) in [4.78, 5) is 36.4. The molecular weight excluding hydrogens is 408 g/mol. The lowest BCUT2D eigenvalue weighted by Crippen LogP contribution is -2.43. The van der Waals surface area contributed by atoms with Gasteiger partial charge in [0.25, 0.3) is 5.91 Å². The fraction of sp³-hybridized carbons (Fsp3) is 0.333. The molecule has 2 amide bonds. The first kappa shape index (κ1) is 21.9. The number of rotatable bonds is 7. The molecule has 0 aliphatic carbocycles. The number of carbonyl (C=O) groups excluding carboxylic acids is 2. The number of pyridine rings is 2. The molecule has 2 aromatic heterocycles. The Morgan fingerprint density at radius 1 is 1.22 bits per heavy atom. The van der Waals surface area contributed by atoms with Crippen LogP contribution in [-0.2, 0) is 20.7 Å². The second kappa shape index (κ2) is 10.3. The maximum absolute atomic E-state index is 12.8. The number of methoxy groups -OCH3 is 1. The average Bonchev–Trinajstić information content (AvgIpc) is 2.84. The van der Waals surface area contributed by atoms with Crippen LogP contribution in [0.25, 0.3) is 10.9 Å². The summed E-state index contributed by atoms with van der Waals surface area (Å²) in [5.74, 6) is -0.198. The molecule has 0 radical (unpaired) electrons. The first-order chi connectivity index (χ1) is 15.7. The number of nitrogens with one attached hydrogen (secondary N) is 1. The van der Waals surface area contributed by atoms with Crippen LogP contribution in [-0.4, -0.2) is 66.6 Å². The highest BCUT2D eigenvalue weighted by Gasteiger charge is 2.28. The minimum atomic E-state index is -0.411. The third-order valence-corrected chi connectivity index (χ3v) is 5.38. The predicted molar refractivity (Wildman–Crippen MR) is 119 cm³/mol. The van der Waals surface area contributed by atoms with Crippen LogP contribution in [0.2, 0.25) is 0 Å². The zero-order chi connectivity index (χ0) is 22.3. The van der Waals surface area contributed by atoms with Crippen molar-refractivity contribution in [3.8, 4) is 0 Å². The van der Waals surface area contributed by atoms with Gasteiger partial charge in [0.05, 0.1) is 43.0 Å². The molecule has 166 valence electrons. The van der Waals surface area contributed by atoms with E-state index >= 15 is 0 Å². The largest absolute Gasteiger partial charge is 0.383 e. The smallest absolute Gasteiger partial charge is 0.252 e. The second-order valence-corrected chi connectivity index (χ2v) is 7.56. The van der Waals surface area contributed by atoms with Crippen LogP contribution >= 0.6 is 0 Å².